The lowest BCUT2D eigenvalue weighted by Crippen LogP contribution is -2.29. The van der Waals surface area contributed by atoms with E-state index < -0.39 is 5.97 Å². The maximum atomic E-state index is 11.9. The van der Waals surface area contributed by atoms with Crippen LogP contribution in [0.25, 0.3) is 0 Å². The van der Waals surface area contributed by atoms with Crippen LogP contribution in [0.4, 0.5) is 5.69 Å². The molecule has 1 aliphatic rings. The van der Waals surface area contributed by atoms with Crippen LogP contribution in [0.1, 0.15) is 34.3 Å². The van der Waals surface area contributed by atoms with Gasteiger partial charge in [-0.15, -0.1) is 0 Å². The number of amides is 1. The molecule has 152 valence electrons. The quantitative estimate of drug-likeness (QED) is 0.536. The zero-order valence-electron chi connectivity index (χ0n) is 16.0. The van der Waals surface area contributed by atoms with Crippen LogP contribution in [-0.4, -0.2) is 35.5 Å². The second kappa shape index (κ2) is 9.71. The molecule has 0 aromatic heterocycles. The maximum Gasteiger partial charge on any atom is 0.339 e. The van der Waals surface area contributed by atoms with Crippen molar-refractivity contribution >= 4 is 46.5 Å². The van der Waals surface area contributed by atoms with E-state index in [0.717, 1.165) is 24.1 Å². The second-order valence-electron chi connectivity index (χ2n) is 6.68. The van der Waals surface area contributed by atoms with Crippen molar-refractivity contribution in [3.05, 3.63) is 64.2 Å². The Morgan fingerprint density at radius 1 is 1.24 bits per heavy atom. The van der Waals surface area contributed by atoms with Crippen molar-refractivity contribution in [2.75, 3.05) is 19.0 Å². The SMILES string of the molecule is COC(=O)c1cc(NC(=S)NCc2ccccc2CN2CCCC2=O)ccc1Cl. The molecule has 3 rings (SSSR count). The third-order valence-corrected chi connectivity index (χ3v) is 5.30. The monoisotopic (exact) mass is 431 g/mol. The summed E-state index contributed by atoms with van der Waals surface area (Å²) in [6, 6.07) is 12.9. The third kappa shape index (κ3) is 5.46. The molecule has 1 fully saturated rings. The average Bonchev–Trinajstić information content (AvgIpc) is 3.12. The van der Waals surface area contributed by atoms with Crippen molar-refractivity contribution in [3.63, 3.8) is 0 Å². The van der Waals surface area contributed by atoms with E-state index in [0.29, 0.717) is 35.3 Å². The molecule has 29 heavy (non-hydrogen) atoms. The summed E-state index contributed by atoms with van der Waals surface area (Å²) in [7, 11) is 1.30. The molecule has 0 atom stereocenters. The molecule has 8 heteroatoms. The van der Waals surface area contributed by atoms with Gasteiger partial charge in [0.25, 0.3) is 0 Å². The number of esters is 1. The highest BCUT2D eigenvalue weighted by Crippen LogP contribution is 2.21. The van der Waals surface area contributed by atoms with E-state index in [1.807, 2.05) is 29.2 Å². The Kier molecular flexibility index (Phi) is 7.06. The summed E-state index contributed by atoms with van der Waals surface area (Å²) < 4.78 is 4.73. The van der Waals surface area contributed by atoms with Gasteiger partial charge in [-0.2, -0.15) is 0 Å². The standard InChI is InChI=1S/C21H22ClN3O3S/c1-28-20(27)17-11-16(8-9-18(17)22)24-21(29)23-12-14-5-2-3-6-15(14)13-25-10-4-7-19(25)26/h2-3,5-6,8-9,11H,4,7,10,12-13H2,1H3,(H2,23,24,29). The number of hydrogen-bond acceptors (Lipinski definition) is 4. The molecule has 1 saturated heterocycles. The smallest absolute Gasteiger partial charge is 0.339 e. The van der Waals surface area contributed by atoms with Crippen LogP contribution in [-0.2, 0) is 22.6 Å². The van der Waals surface area contributed by atoms with Crippen LogP contribution < -0.4 is 10.6 Å². The number of carbonyl (C=O) groups excluding carboxylic acids is 2. The highest BCUT2D eigenvalue weighted by atomic mass is 35.5. The Labute approximate surface area is 180 Å². The minimum atomic E-state index is -0.511. The van der Waals surface area contributed by atoms with Gasteiger partial charge in [0.15, 0.2) is 5.11 Å². The average molecular weight is 432 g/mol. The number of benzene rings is 2. The number of nitrogens with zero attached hydrogens (tertiary/aromatic N) is 1. The molecular formula is C21H22ClN3O3S. The molecule has 0 saturated carbocycles. The fraction of sp³-hybridized carbons (Fsp3) is 0.286. The van der Waals surface area contributed by atoms with E-state index in [-0.39, 0.29) is 11.5 Å². The molecule has 1 amide bonds. The molecule has 1 heterocycles. The van der Waals surface area contributed by atoms with Crippen molar-refractivity contribution in [2.45, 2.75) is 25.9 Å². The fourth-order valence-corrected chi connectivity index (χ4v) is 3.57. The predicted molar refractivity (Wildman–Crippen MR) is 117 cm³/mol. The van der Waals surface area contributed by atoms with E-state index in [4.69, 9.17) is 28.6 Å². The number of nitrogens with one attached hydrogen (secondary N) is 2. The maximum absolute atomic E-state index is 11.9. The van der Waals surface area contributed by atoms with Crippen LogP contribution in [0.2, 0.25) is 5.02 Å². The minimum absolute atomic E-state index is 0.203. The van der Waals surface area contributed by atoms with Gasteiger partial charge in [-0.25, -0.2) is 4.79 Å². The van der Waals surface area contributed by atoms with Gasteiger partial charge >= 0.3 is 5.97 Å². The number of likely N-dealkylation sites (tertiary alicyclic amines) is 1. The number of ether oxygens (including phenoxy) is 1. The first kappa shape index (κ1) is 21.1. The lowest BCUT2D eigenvalue weighted by atomic mass is 10.1. The molecule has 0 spiro atoms. The fourth-order valence-electron chi connectivity index (χ4n) is 3.18. The largest absolute Gasteiger partial charge is 0.465 e. The zero-order chi connectivity index (χ0) is 20.8. The molecule has 6 nitrogen and oxygen atoms in total. The van der Waals surface area contributed by atoms with Gasteiger partial charge in [0.05, 0.1) is 17.7 Å². The topological polar surface area (TPSA) is 70.7 Å². The molecule has 2 N–H and O–H groups in total. The first-order valence-corrected chi connectivity index (χ1v) is 10.0. The van der Waals surface area contributed by atoms with Gasteiger partial charge in [0.2, 0.25) is 5.91 Å². The summed E-state index contributed by atoms with van der Waals surface area (Å²) in [5, 5.41) is 6.94. The molecule has 2 aromatic carbocycles. The van der Waals surface area contributed by atoms with Crippen LogP contribution in [0.5, 0.6) is 0 Å². The Balaban J connectivity index is 1.61. The highest BCUT2D eigenvalue weighted by Gasteiger charge is 2.20. The Morgan fingerprint density at radius 3 is 2.69 bits per heavy atom. The van der Waals surface area contributed by atoms with Gasteiger partial charge in [-0.05, 0) is 48.0 Å². The van der Waals surface area contributed by atoms with Crippen LogP contribution >= 0.6 is 23.8 Å². The summed E-state index contributed by atoms with van der Waals surface area (Å²) >= 11 is 11.4. The number of hydrogen-bond donors (Lipinski definition) is 2. The third-order valence-electron chi connectivity index (χ3n) is 4.72. The number of anilines is 1. The van der Waals surface area contributed by atoms with E-state index in [1.54, 1.807) is 18.2 Å². The number of halogens is 1. The van der Waals surface area contributed by atoms with Crippen molar-refractivity contribution in [2.24, 2.45) is 0 Å². The van der Waals surface area contributed by atoms with Gasteiger partial charge in [-0.1, -0.05) is 35.9 Å². The highest BCUT2D eigenvalue weighted by molar-refractivity contribution is 7.80. The molecule has 0 unspecified atom stereocenters. The van der Waals surface area contributed by atoms with E-state index in [9.17, 15) is 9.59 Å². The summed E-state index contributed by atoms with van der Waals surface area (Å²) in [6.07, 6.45) is 1.55. The van der Waals surface area contributed by atoms with Crippen LogP contribution in [0.3, 0.4) is 0 Å². The summed E-state index contributed by atoms with van der Waals surface area (Å²) in [6.45, 7) is 1.93. The zero-order valence-corrected chi connectivity index (χ0v) is 17.6. The summed E-state index contributed by atoms with van der Waals surface area (Å²) in [5.41, 5.74) is 3.06. The number of methoxy groups -OCH3 is 1. The van der Waals surface area contributed by atoms with E-state index >= 15 is 0 Å². The number of carbonyl (C=O) groups is 2. The minimum Gasteiger partial charge on any atom is -0.465 e. The Hall–Kier alpha value is -2.64. The number of rotatable bonds is 6. The van der Waals surface area contributed by atoms with Crippen molar-refractivity contribution in [1.29, 1.82) is 0 Å². The van der Waals surface area contributed by atoms with Gasteiger partial charge in [-0.3, -0.25) is 4.79 Å². The molecule has 0 radical (unpaired) electrons. The van der Waals surface area contributed by atoms with Crippen LogP contribution in [0.15, 0.2) is 42.5 Å². The second-order valence-corrected chi connectivity index (χ2v) is 7.50. The summed E-state index contributed by atoms with van der Waals surface area (Å²) in [4.78, 5) is 25.6. The van der Waals surface area contributed by atoms with Crippen LogP contribution in [0, 0.1) is 0 Å². The summed E-state index contributed by atoms with van der Waals surface area (Å²) in [5.74, 6) is -0.308. The Morgan fingerprint density at radius 2 is 2.00 bits per heavy atom. The van der Waals surface area contributed by atoms with Crippen molar-refractivity contribution < 1.29 is 14.3 Å². The van der Waals surface area contributed by atoms with Gasteiger partial charge < -0.3 is 20.3 Å². The van der Waals surface area contributed by atoms with E-state index in [2.05, 4.69) is 10.6 Å². The molecular weight excluding hydrogens is 410 g/mol. The number of thiocarbonyl (C=S) groups is 1. The first-order chi connectivity index (χ1) is 14.0. The van der Waals surface area contributed by atoms with E-state index in [1.165, 1.54) is 7.11 Å². The predicted octanol–water partition coefficient (Wildman–Crippen LogP) is 3.74. The normalized spacial score (nSPS) is 13.3. The van der Waals surface area contributed by atoms with Crippen molar-refractivity contribution in [3.8, 4) is 0 Å². The first-order valence-electron chi connectivity index (χ1n) is 9.25. The Bertz CT molecular complexity index is 935. The lowest BCUT2D eigenvalue weighted by Gasteiger charge is -2.19. The molecule has 1 aliphatic heterocycles. The van der Waals surface area contributed by atoms with Gasteiger partial charge in [0.1, 0.15) is 0 Å². The molecule has 0 bridgehead atoms. The van der Waals surface area contributed by atoms with Gasteiger partial charge in [0, 0.05) is 31.7 Å². The molecule has 2 aromatic rings. The lowest BCUT2D eigenvalue weighted by molar-refractivity contribution is -0.128. The molecule has 0 aliphatic carbocycles. The van der Waals surface area contributed by atoms with Crippen molar-refractivity contribution in [1.82, 2.24) is 10.2 Å².